The Hall–Kier alpha value is -3.28. The molecule has 1 unspecified atom stereocenters. The van der Waals surface area contributed by atoms with Gasteiger partial charge in [0.05, 0.1) is 24.3 Å². The number of amides is 1. The quantitative estimate of drug-likeness (QED) is 0.294. The van der Waals surface area contributed by atoms with Crippen molar-refractivity contribution in [2.24, 2.45) is 0 Å². The normalized spacial score (nSPS) is 17.6. The molecule has 1 N–H and O–H groups in total. The van der Waals surface area contributed by atoms with Crippen molar-refractivity contribution in [2.45, 2.75) is 59.1 Å². The average molecular weight is 452 g/mol. The molecular weight excluding hydrogens is 418 g/mol. The lowest BCUT2D eigenvalue weighted by molar-refractivity contribution is -0.139. The Labute approximate surface area is 195 Å². The molecule has 176 valence electrons. The summed E-state index contributed by atoms with van der Waals surface area (Å²) in [6.45, 7) is 8.89. The third-order valence-corrected chi connectivity index (χ3v) is 5.42. The van der Waals surface area contributed by atoms with Gasteiger partial charge in [-0.25, -0.2) is 0 Å². The average Bonchev–Trinajstić information content (AvgIpc) is 3.05. The minimum absolute atomic E-state index is 0.0344. The van der Waals surface area contributed by atoms with Crippen LogP contribution in [0.2, 0.25) is 0 Å². The zero-order chi connectivity index (χ0) is 24.0. The van der Waals surface area contributed by atoms with Crippen molar-refractivity contribution in [2.75, 3.05) is 13.2 Å². The van der Waals surface area contributed by atoms with E-state index in [9.17, 15) is 14.7 Å². The highest BCUT2D eigenvalue weighted by molar-refractivity contribution is 6.46. The number of carbonyl (C=O) groups excluding carboxylic acids is 2. The van der Waals surface area contributed by atoms with Crippen LogP contribution in [0.25, 0.3) is 5.76 Å². The van der Waals surface area contributed by atoms with Gasteiger partial charge in [0.1, 0.15) is 17.3 Å². The highest BCUT2D eigenvalue weighted by Crippen LogP contribution is 2.40. The van der Waals surface area contributed by atoms with Crippen molar-refractivity contribution < 1.29 is 24.2 Å². The van der Waals surface area contributed by atoms with Gasteiger partial charge in [-0.3, -0.25) is 9.59 Å². The second kappa shape index (κ2) is 11.0. The highest BCUT2D eigenvalue weighted by Gasteiger charge is 2.45. The molecule has 6 heteroatoms. The van der Waals surface area contributed by atoms with Crippen LogP contribution in [0.4, 0.5) is 0 Å². The Kier molecular flexibility index (Phi) is 8.15. The summed E-state index contributed by atoms with van der Waals surface area (Å²) in [6, 6.07) is 13.7. The first-order chi connectivity index (χ1) is 15.9. The van der Waals surface area contributed by atoms with Gasteiger partial charge in [0.2, 0.25) is 0 Å². The van der Waals surface area contributed by atoms with E-state index >= 15 is 0 Å². The van der Waals surface area contributed by atoms with E-state index in [0.717, 1.165) is 24.8 Å². The summed E-state index contributed by atoms with van der Waals surface area (Å²) in [6.07, 6.45) is 2.47. The number of aliphatic hydroxyl groups excluding tert-OH is 1. The maximum absolute atomic E-state index is 13.1. The van der Waals surface area contributed by atoms with E-state index in [0.29, 0.717) is 30.2 Å². The Morgan fingerprint density at radius 3 is 2.45 bits per heavy atom. The standard InChI is InChI=1S/C27H33NO5/c1-5-7-14-28-24(19-10-8-12-21(16-19)32-15-6-2)23(26(30)27(28)31)25(29)20-11-9-13-22(17-20)33-18(3)4/h8-13,16-18,24,29H,5-7,14-15H2,1-4H3/b25-23-. The fourth-order valence-electron chi connectivity index (χ4n) is 3.92. The molecule has 0 spiro atoms. The SMILES string of the molecule is CCCCN1C(=O)C(=O)/C(=C(\O)c2cccc(OC(C)C)c2)C1c1cccc(OCCC)c1. The molecular formula is C27H33NO5. The van der Waals surface area contributed by atoms with Gasteiger partial charge in [-0.05, 0) is 56.5 Å². The van der Waals surface area contributed by atoms with Crippen LogP contribution in [0.1, 0.15) is 64.1 Å². The van der Waals surface area contributed by atoms with Gasteiger partial charge >= 0.3 is 0 Å². The van der Waals surface area contributed by atoms with Crippen molar-refractivity contribution in [3.63, 3.8) is 0 Å². The number of ether oxygens (including phenoxy) is 2. The zero-order valence-electron chi connectivity index (χ0n) is 19.8. The maximum Gasteiger partial charge on any atom is 0.295 e. The summed E-state index contributed by atoms with van der Waals surface area (Å²) in [4.78, 5) is 27.7. The van der Waals surface area contributed by atoms with Crippen molar-refractivity contribution in [3.8, 4) is 11.5 Å². The van der Waals surface area contributed by atoms with Crippen LogP contribution >= 0.6 is 0 Å². The number of hydrogen-bond acceptors (Lipinski definition) is 5. The summed E-state index contributed by atoms with van der Waals surface area (Å²) >= 11 is 0. The highest BCUT2D eigenvalue weighted by atomic mass is 16.5. The van der Waals surface area contributed by atoms with Crippen LogP contribution in [0.5, 0.6) is 11.5 Å². The Morgan fingerprint density at radius 1 is 1.03 bits per heavy atom. The third-order valence-electron chi connectivity index (χ3n) is 5.42. The molecule has 0 saturated carbocycles. The zero-order valence-corrected chi connectivity index (χ0v) is 19.8. The molecule has 33 heavy (non-hydrogen) atoms. The summed E-state index contributed by atoms with van der Waals surface area (Å²) in [5.74, 6) is -0.219. The molecule has 1 atom stereocenters. The van der Waals surface area contributed by atoms with Gasteiger partial charge in [-0.15, -0.1) is 0 Å². The smallest absolute Gasteiger partial charge is 0.295 e. The Bertz CT molecular complexity index is 1030. The first-order valence-electron chi connectivity index (χ1n) is 11.7. The largest absolute Gasteiger partial charge is 0.507 e. The third kappa shape index (κ3) is 5.56. The maximum atomic E-state index is 13.1. The lowest BCUT2D eigenvalue weighted by Crippen LogP contribution is -2.30. The van der Waals surface area contributed by atoms with Gasteiger partial charge in [0.15, 0.2) is 0 Å². The fourth-order valence-corrected chi connectivity index (χ4v) is 3.92. The molecule has 1 saturated heterocycles. The van der Waals surface area contributed by atoms with E-state index in [1.54, 1.807) is 29.2 Å². The monoisotopic (exact) mass is 451 g/mol. The van der Waals surface area contributed by atoms with Gasteiger partial charge in [0, 0.05) is 12.1 Å². The number of hydrogen-bond donors (Lipinski definition) is 1. The van der Waals surface area contributed by atoms with Crippen LogP contribution < -0.4 is 9.47 Å². The molecule has 1 fully saturated rings. The minimum atomic E-state index is -0.684. The summed E-state index contributed by atoms with van der Waals surface area (Å²) < 4.78 is 11.5. The lowest BCUT2D eigenvalue weighted by Gasteiger charge is -2.25. The molecule has 6 nitrogen and oxygen atoms in total. The van der Waals surface area contributed by atoms with E-state index in [4.69, 9.17) is 9.47 Å². The van der Waals surface area contributed by atoms with E-state index in [1.165, 1.54) is 0 Å². The van der Waals surface area contributed by atoms with Crippen LogP contribution in [-0.4, -0.2) is 41.0 Å². The molecule has 1 aliphatic heterocycles. The Balaban J connectivity index is 2.11. The predicted molar refractivity (Wildman–Crippen MR) is 128 cm³/mol. The first kappa shape index (κ1) is 24.4. The van der Waals surface area contributed by atoms with Gasteiger partial charge in [-0.1, -0.05) is 44.5 Å². The van der Waals surface area contributed by atoms with Crippen molar-refractivity contribution in [1.82, 2.24) is 4.90 Å². The van der Waals surface area contributed by atoms with Crippen molar-refractivity contribution in [1.29, 1.82) is 0 Å². The van der Waals surface area contributed by atoms with Crippen LogP contribution in [0.3, 0.4) is 0 Å². The first-order valence-corrected chi connectivity index (χ1v) is 11.7. The van der Waals surface area contributed by atoms with E-state index in [1.807, 2.05) is 52.0 Å². The van der Waals surface area contributed by atoms with Crippen molar-refractivity contribution >= 4 is 17.4 Å². The predicted octanol–water partition coefficient (Wildman–Crippen LogP) is 5.48. The van der Waals surface area contributed by atoms with Gasteiger partial charge in [0.25, 0.3) is 11.7 Å². The molecule has 0 radical (unpaired) electrons. The van der Waals surface area contributed by atoms with Gasteiger partial charge in [-0.2, -0.15) is 0 Å². The number of unbranched alkanes of at least 4 members (excludes halogenated alkanes) is 1. The molecule has 2 aromatic rings. The number of benzene rings is 2. The number of aliphatic hydroxyl groups is 1. The summed E-state index contributed by atoms with van der Waals surface area (Å²) in [5.41, 5.74) is 1.26. The number of carbonyl (C=O) groups is 2. The second-order valence-electron chi connectivity index (χ2n) is 8.46. The molecule has 0 aliphatic carbocycles. The number of Topliss-reactive ketones (excluding diaryl/α,β-unsaturated/α-hetero) is 1. The van der Waals surface area contributed by atoms with E-state index < -0.39 is 17.7 Å². The second-order valence-corrected chi connectivity index (χ2v) is 8.46. The van der Waals surface area contributed by atoms with Crippen LogP contribution in [0, 0.1) is 0 Å². The minimum Gasteiger partial charge on any atom is -0.507 e. The number of nitrogens with zero attached hydrogens (tertiary/aromatic N) is 1. The number of ketones is 1. The number of rotatable bonds is 10. The van der Waals surface area contributed by atoms with Crippen molar-refractivity contribution in [3.05, 3.63) is 65.2 Å². The molecule has 1 amide bonds. The molecule has 0 aromatic heterocycles. The van der Waals surface area contributed by atoms with Crippen LogP contribution in [0.15, 0.2) is 54.1 Å². The van der Waals surface area contributed by atoms with Crippen LogP contribution in [-0.2, 0) is 9.59 Å². The Morgan fingerprint density at radius 2 is 1.76 bits per heavy atom. The van der Waals surface area contributed by atoms with Gasteiger partial charge < -0.3 is 19.5 Å². The lowest BCUT2D eigenvalue weighted by atomic mass is 9.95. The topological polar surface area (TPSA) is 76.1 Å². The fraction of sp³-hybridized carbons (Fsp3) is 0.407. The molecule has 2 aromatic carbocycles. The number of likely N-dealkylation sites (tertiary alicyclic amines) is 1. The molecule has 0 bridgehead atoms. The molecule has 1 heterocycles. The van der Waals surface area contributed by atoms with E-state index in [-0.39, 0.29) is 17.4 Å². The molecule has 3 rings (SSSR count). The summed E-state index contributed by atoms with van der Waals surface area (Å²) in [5, 5.41) is 11.2. The van der Waals surface area contributed by atoms with E-state index in [2.05, 4.69) is 0 Å². The molecule has 1 aliphatic rings. The summed E-state index contributed by atoms with van der Waals surface area (Å²) in [7, 11) is 0.